The van der Waals surface area contributed by atoms with Gasteiger partial charge in [-0.2, -0.15) is 0 Å². The van der Waals surface area contributed by atoms with Crippen LogP contribution in [-0.2, 0) is 12.8 Å². The molecule has 2 aromatic rings. The SMILES string of the molecule is CCc1ccc(C(NC)c2ccccc2OC)cc1CC. The molecule has 0 bridgehead atoms. The summed E-state index contributed by atoms with van der Waals surface area (Å²) >= 11 is 0. The average Bonchev–Trinajstić information content (AvgIpc) is 2.55. The molecule has 1 unspecified atom stereocenters. The van der Waals surface area contributed by atoms with Crippen molar-refractivity contribution in [1.82, 2.24) is 5.32 Å². The van der Waals surface area contributed by atoms with Gasteiger partial charge in [-0.1, -0.05) is 50.2 Å². The van der Waals surface area contributed by atoms with Crippen LogP contribution in [-0.4, -0.2) is 14.2 Å². The van der Waals surface area contributed by atoms with Crippen LogP contribution in [0.3, 0.4) is 0 Å². The van der Waals surface area contributed by atoms with Crippen LogP contribution < -0.4 is 10.1 Å². The summed E-state index contributed by atoms with van der Waals surface area (Å²) in [7, 11) is 3.72. The van der Waals surface area contributed by atoms with Gasteiger partial charge in [0, 0.05) is 5.56 Å². The zero-order chi connectivity index (χ0) is 15.2. The van der Waals surface area contributed by atoms with Gasteiger partial charge in [0.15, 0.2) is 0 Å². The first kappa shape index (κ1) is 15.6. The maximum absolute atomic E-state index is 5.51. The lowest BCUT2D eigenvalue weighted by Gasteiger charge is -2.21. The Balaban J connectivity index is 2.46. The minimum Gasteiger partial charge on any atom is -0.496 e. The van der Waals surface area contributed by atoms with E-state index in [0.29, 0.717) is 0 Å². The first-order valence-electron chi connectivity index (χ1n) is 7.67. The summed E-state index contributed by atoms with van der Waals surface area (Å²) < 4.78 is 5.51. The quantitative estimate of drug-likeness (QED) is 0.860. The number of methoxy groups -OCH3 is 1. The van der Waals surface area contributed by atoms with Gasteiger partial charge in [-0.25, -0.2) is 0 Å². The third kappa shape index (κ3) is 3.27. The van der Waals surface area contributed by atoms with E-state index in [1.165, 1.54) is 22.3 Å². The molecule has 0 aliphatic rings. The molecule has 0 saturated heterocycles. The van der Waals surface area contributed by atoms with E-state index in [1.807, 2.05) is 19.2 Å². The highest BCUT2D eigenvalue weighted by atomic mass is 16.5. The molecule has 2 heteroatoms. The Bertz CT molecular complexity index is 592. The molecule has 21 heavy (non-hydrogen) atoms. The monoisotopic (exact) mass is 283 g/mol. The van der Waals surface area contributed by atoms with Gasteiger partial charge in [-0.05, 0) is 42.6 Å². The number of para-hydroxylation sites is 1. The summed E-state index contributed by atoms with van der Waals surface area (Å²) in [6.45, 7) is 4.43. The molecule has 0 aromatic heterocycles. The Kier molecular flexibility index (Phi) is 5.40. The van der Waals surface area contributed by atoms with E-state index in [9.17, 15) is 0 Å². The van der Waals surface area contributed by atoms with Crippen molar-refractivity contribution >= 4 is 0 Å². The number of nitrogens with one attached hydrogen (secondary N) is 1. The molecule has 0 saturated carbocycles. The Morgan fingerprint density at radius 2 is 1.71 bits per heavy atom. The van der Waals surface area contributed by atoms with Gasteiger partial charge in [0.2, 0.25) is 0 Å². The van der Waals surface area contributed by atoms with Gasteiger partial charge in [-0.15, -0.1) is 0 Å². The molecule has 2 aromatic carbocycles. The Morgan fingerprint density at radius 1 is 1.00 bits per heavy atom. The van der Waals surface area contributed by atoms with E-state index < -0.39 is 0 Å². The molecule has 2 rings (SSSR count). The van der Waals surface area contributed by atoms with Gasteiger partial charge in [0.1, 0.15) is 5.75 Å². The summed E-state index contributed by atoms with van der Waals surface area (Å²) in [5.41, 5.74) is 5.34. The highest BCUT2D eigenvalue weighted by Crippen LogP contribution is 2.30. The highest BCUT2D eigenvalue weighted by molar-refractivity contribution is 5.43. The molecule has 2 nitrogen and oxygen atoms in total. The van der Waals surface area contributed by atoms with Crippen LogP contribution in [0, 0.1) is 0 Å². The average molecular weight is 283 g/mol. The minimum atomic E-state index is 0.150. The lowest BCUT2D eigenvalue weighted by atomic mass is 9.93. The van der Waals surface area contributed by atoms with Crippen LogP contribution in [0.5, 0.6) is 5.75 Å². The molecule has 0 spiro atoms. The first-order chi connectivity index (χ1) is 10.2. The molecule has 1 atom stereocenters. The summed E-state index contributed by atoms with van der Waals surface area (Å²) in [5.74, 6) is 0.925. The van der Waals surface area contributed by atoms with Crippen molar-refractivity contribution in [2.45, 2.75) is 32.7 Å². The predicted molar refractivity (Wildman–Crippen MR) is 89.1 cm³/mol. The number of hydrogen-bond donors (Lipinski definition) is 1. The second kappa shape index (κ2) is 7.28. The smallest absolute Gasteiger partial charge is 0.123 e. The molecular weight excluding hydrogens is 258 g/mol. The van der Waals surface area contributed by atoms with Crippen molar-refractivity contribution in [2.24, 2.45) is 0 Å². The first-order valence-corrected chi connectivity index (χ1v) is 7.67. The molecule has 112 valence electrons. The third-order valence-electron chi connectivity index (χ3n) is 4.06. The zero-order valence-corrected chi connectivity index (χ0v) is 13.4. The van der Waals surface area contributed by atoms with Crippen LogP contribution >= 0.6 is 0 Å². The summed E-state index contributed by atoms with van der Waals surface area (Å²) in [4.78, 5) is 0. The summed E-state index contributed by atoms with van der Waals surface area (Å²) in [6.07, 6.45) is 2.15. The second-order valence-corrected chi connectivity index (χ2v) is 5.20. The van der Waals surface area contributed by atoms with Crippen molar-refractivity contribution < 1.29 is 4.74 Å². The van der Waals surface area contributed by atoms with E-state index in [0.717, 1.165) is 18.6 Å². The molecule has 0 fully saturated rings. The molecule has 1 N–H and O–H groups in total. The van der Waals surface area contributed by atoms with E-state index in [4.69, 9.17) is 4.74 Å². The van der Waals surface area contributed by atoms with E-state index in [-0.39, 0.29) is 6.04 Å². The number of aryl methyl sites for hydroxylation is 2. The van der Waals surface area contributed by atoms with Gasteiger partial charge in [0.25, 0.3) is 0 Å². The van der Waals surface area contributed by atoms with E-state index in [2.05, 4.69) is 49.5 Å². The van der Waals surface area contributed by atoms with Crippen molar-refractivity contribution in [3.63, 3.8) is 0 Å². The largest absolute Gasteiger partial charge is 0.496 e. The third-order valence-corrected chi connectivity index (χ3v) is 4.06. The topological polar surface area (TPSA) is 21.3 Å². The Morgan fingerprint density at radius 3 is 2.33 bits per heavy atom. The van der Waals surface area contributed by atoms with Gasteiger partial charge in [-0.3, -0.25) is 0 Å². The van der Waals surface area contributed by atoms with Gasteiger partial charge < -0.3 is 10.1 Å². The molecule has 0 radical (unpaired) electrons. The summed E-state index contributed by atoms with van der Waals surface area (Å²) in [5, 5.41) is 3.42. The lowest BCUT2D eigenvalue weighted by Crippen LogP contribution is -2.18. The number of benzene rings is 2. The number of ether oxygens (including phenoxy) is 1. The molecular formula is C19H25NO. The number of rotatable bonds is 6. The number of hydrogen-bond acceptors (Lipinski definition) is 2. The van der Waals surface area contributed by atoms with Crippen molar-refractivity contribution in [3.05, 3.63) is 64.7 Å². The maximum atomic E-state index is 5.51. The van der Waals surface area contributed by atoms with E-state index >= 15 is 0 Å². The van der Waals surface area contributed by atoms with Crippen LogP contribution in [0.15, 0.2) is 42.5 Å². The molecule has 0 heterocycles. The molecule has 0 amide bonds. The molecule has 0 aliphatic heterocycles. The van der Waals surface area contributed by atoms with Gasteiger partial charge >= 0.3 is 0 Å². The second-order valence-electron chi connectivity index (χ2n) is 5.20. The fraction of sp³-hybridized carbons (Fsp3) is 0.368. The van der Waals surface area contributed by atoms with Crippen LogP contribution in [0.1, 0.15) is 42.1 Å². The standard InChI is InChI=1S/C19H25NO/c1-5-14-11-12-16(13-15(14)6-2)19(20-3)17-9-7-8-10-18(17)21-4/h7-13,19-20H,5-6H2,1-4H3. The fourth-order valence-electron chi connectivity index (χ4n) is 2.91. The minimum absolute atomic E-state index is 0.150. The van der Waals surface area contributed by atoms with Crippen LogP contribution in [0.4, 0.5) is 0 Å². The van der Waals surface area contributed by atoms with Gasteiger partial charge in [0.05, 0.1) is 13.2 Å². The fourth-order valence-corrected chi connectivity index (χ4v) is 2.91. The van der Waals surface area contributed by atoms with Crippen LogP contribution in [0.2, 0.25) is 0 Å². The highest BCUT2D eigenvalue weighted by Gasteiger charge is 2.17. The normalized spacial score (nSPS) is 12.2. The molecule has 0 aliphatic carbocycles. The maximum Gasteiger partial charge on any atom is 0.123 e. The Labute approximate surface area is 128 Å². The van der Waals surface area contributed by atoms with Crippen molar-refractivity contribution in [1.29, 1.82) is 0 Å². The van der Waals surface area contributed by atoms with Crippen LogP contribution in [0.25, 0.3) is 0 Å². The van der Waals surface area contributed by atoms with Crippen molar-refractivity contribution in [2.75, 3.05) is 14.2 Å². The summed E-state index contributed by atoms with van der Waals surface area (Å²) in [6, 6.07) is 15.2. The lowest BCUT2D eigenvalue weighted by molar-refractivity contribution is 0.405. The zero-order valence-electron chi connectivity index (χ0n) is 13.4. The Hall–Kier alpha value is -1.80. The predicted octanol–water partition coefficient (Wildman–Crippen LogP) is 4.13. The van der Waals surface area contributed by atoms with E-state index in [1.54, 1.807) is 7.11 Å². The van der Waals surface area contributed by atoms with Crippen molar-refractivity contribution in [3.8, 4) is 5.75 Å².